The van der Waals surface area contributed by atoms with Crippen LogP contribution in [0.15, 0.2) is 48.5 Å². The van der Waals surface area contributed by atoms with Crippen molar-refractivity contribution in [3.8, 4) is 0 Å². The average molecular weight is 370 g/mol. The molecule has 3 rings (SSSR count). The van der Waals surface area contributed by atoms with E-state index < -0.39 is 0 Å². The largest absolute Gasteiger partial charge is 0.368 e. The minimum Gasteiger partial charge on any atom is -0.368 e. The van der Waals surface area contributed by atoms with Crippen molar-refractivity contribution in [1.82, 2.24) is 4.90 Å². The summed E-state index contributed by atoms with van der Waals surface area (Å²) in [5.41, 5.74) is 3.44. The predicted octanol–water partition coefficient (Wildman–Crippen LogP) is 3.68. The molecule has 0 bridgehead atoms. The highest BCUT2D eigenvalue weighted by Crippen LogP contribution is 2.21. The number of hydrogen-bond acceptors (Lipinski definition) is 4. The van der Waals surface area contributed by atoms with Crippen molar-refractivity contribution >= 4 is 34.4 Å². The zero-order valence-electron chi connectivity index (χ0n) is 14.7. The van der Waals surface area contributed by atoms with Gasteiger partial charge in [-0.3, -0.25) is 10.1 Å². The molecule has 0 aliphatic carbocycles. The number of nitrogens with one attached hydrogen (secondary N) is 1. The zero-order chi connectivity index (χ0) is 18.5. The molecule has 26 heavy (non-hydrogen) atoms. The molecule has 1 aliphatic heterocycles. The first-order valence-electron chi connectivity index (χ1n) is 8.71. The lowest BCUT2D eigenvalue weighted by atomic mass is 10.1. The molecule has 6 nitrogen and oxygen atoms in total. The number of nitro groups is 1. The second-order valence-electron chi connectivity index (χ2n) is 6.19. The normalized spacial score (nSPS) is 14.2. The first-order valence-corrected chi connectivity index (χ1v) is 9.12. The minimum atomic E-state index is -0.375. The summed E-state index contributed by atoms with van der Waals surface area (Å²) in [5.74, 6) is 0. The van der Waals surface area contributed by atoms with Crippen LogP contribution in [0.1, 0.15) is 12.5 Å². The van der Waals surface area contributed by atoms with Gasteiger partial charge < -0.3 is 15.1 Å². The lowest BCUT2D eigenvalue weighted by Crippen LogP contribution is -2.50. The minimum absolute atomic E-state index is 0.118. The van der Waals surface area contributed by atoms with Gasteiger partial charge in [-0.25, -0.2) is 0 Å². The maximum absolute atomic E-state index is 10.8. The number of rotatable bonds is 4. The summed E-state index contributed by atoms with van der Waals surface area (Å²) in [4.78, 5) is 14.8. The fourth-order valence-electron chi connectivity index (χ4n) is 3.10. The van der Waals surface area contributed by atoms with Crippen molar-refractivity contribution in [1.29, 1.82) is 0 Å². The molecule has 0 saturated carbocycles. The van der Waals surface area contributed by atoms with Gasteiger partial charge >= 0.3 is 0 Å². The second-order valence-corrected chi connectivity index (χ2v) is 6.58. The van der Waals surface area contributed by atoms with Gasteiger partial charge in [-0.2, -0.15) is 0 Å². The quantitative estimate of drug-likeness (QED) is 0.503. The van der Waals surface area contributed by atoms with E-state index in [4.69, 9.17) is 12.2 Å². The Morgan fingerprint density at radius 1 is 1.12 bits per heavy atom. The summed E-state index contributed by atoms with van der Waals surface area (Å²) >= 11 is 5.59. The van der Waals surface area contributed by atoms with Gasteiger partial charge in [0.25, 0.3) is 5.69 Å². The van der Waals surface area contributed by atoms with Crippen LogP contribution in [0, 0.1) is 10.1 Å². The van der Waals surface area contributed by atoms with Crippen molar-refractivity contribution in [2.45, 2.75) is 13.3 Å². The summed E-state index contributed by atoms with van der Waals surface area (Å²) in [7, 11) is 0. The lowest BCUT2D eigenvalue weighted by Gasteiger charge is -2.37. The third-order valence-corrected chi connectivity index (χ3v) is 4.99. The third kappa shape index (κ3) is 4.11. The van der Waals surface area contributed by atoms with Crippen LogP contribution in [0.3, 0.4) is 0 Å². The van der Waals surface area contributed by atoms with Crippen LogP contribution in [-0.4, -0.2) is 41.1 Å². The third-order valence-electron chi connectivity index (χ3n) is 4.63. The van der Waals surface area contributed by atoms with E-state index in [0.29, 0.717) is 0 Å². The van der Waals surface area contributed by atoms with Crippen molar-refractivity contribution in [2.24, 2.45) is 0 Å². The van der Waals surface area contributed by atoms with Crippen molar-refractivity contribution < 1.29 is 4.92 Å². The Morgan fingerprint density at radius 2 is 1.77 bits per heavy atom. The summed E-state index contributed by atoms with van der Waals surface area (Å²) in [5, 5.41) is 14.9. The Balaban J connectivity index is 1.57. The summed E-state index contributed by atoms with van der Waals surface area (Å²) in [6, 6.07) is 14.9. The fourth-order valence-corrected chi connectivity index (χ4v) is 3.39. The lowest BCUT2D eigenvalue weighted by molar-refractivity contribution is -0.384. The van der Waals surface area contributed by atoms with E-state index in [1.54, 1.807) is 12.1 Å². The Bertz CT molecular complexity index is 786. The van der Waals surface area contributed by atoms with E-state index in [0.717, 1.165) is 49.1 Å². The monoisotopic (exact) mass is 370 g/mol. The van der Waals surface area contributed by atoms with Gasteiger partial charge in [0, 0.05) is 49.7 Å². The van der Waals surface area contributed by atoms with Gasteiger partial charge in [-0.05, 0) is 42.4 Å². The van der Waals surface area contributed by atoms with E-state index in [1.165, 1.54) is 5.56 Å². The average Bonchev–Trinajstić information content (AvgIpc) is 2.68. The molecular weight excluding hydrogens is 348 g/mol. The van der Waals surface area contributed by atoms with E-state index in [9.17, 15) is 10.1 Å². The zero-order valence-corrected chi connectivity index (χ0v) is 15.5. The molecule has 0 aromatic heterocycles. The van der Waals surface area contributed by atoms with Crippen molar-refractivity contribution in [3.63, 3.8) is 0 Å². The molecule has 136 valence electrons. The van der Waals surface area contributed by atoms with Crippen LogP contribution >= 0.6 is 12.2 Å². The standard InChI is InChI=1S/C19H22N4O2S/c1-2-15-5-3-4-6-18(15)20-19(26)22-13-11-21(12-14-22)16-7-9-17(10-8-16)23(24)25/h3-10H,2,11-14H2,1H3,(H,20,26). The number of anilines is 2. The molecule has 1 aliphatic rings. The number of benzene rings is 2. The number of para-hydroxylation sites is 1. The number of piperazine rings is 1. The Morgan fingerprint density at radius 3 is 2.38 bits per heavy atom. The Hall–Kier alpha value is -2.67. The Kier molecular flexibility index (Phi) is 5.68. The number of nitrogens with zero attached hydrogens (tertiary/aromatic N) is 3. The van der Waals surface area contributed by atoms with Crippen LogP contribution in [-0.2, 0) is 6.42 Å². The van der Waals surface area contributed by atoms with Gasteiger partial charge in [-0.1, -0.05) is 25.1 Å². The van der Waals surface area contributed by atoms with E-state index in [2.05, 4.69) is 34.2 Å². The predicted molar refractivity (Wildman–Crippen MR) is 109 cm³/mol. The molecule has 0 atom stereocenters. The van der Waals surface area contributed by atoms with Gasteiger partial charge in [0.15, 0.2) is 5.11 Å². The smallest absolute Gasteiger partial charge is 0.269 e. The van der Waals surface area contributed by atoms with Gasteiger partial charge in [0.1, 0.15) is 0 Å². The maximum atomic E-state index is 10.8. The van der Waals surface area contributed by atoms with Crippen molar-refractivity contribution in [3.05, 3.63) is 64.2 Å². The summed E-state index contributed by atoms with van der Waals surface area (Å²) in [6.07, 6.45) is 0.958. The number of nitro benzene ring substituents is 1. The van der Waals surface area contributed by atoms with Crippen LogP contribution in [0.4, 0.5) is 17.1 Å². The number of hydrogen-bond donors (Lipinski definition) is 1. The molecule has 1 N–H and O–H groups in total. The highest BCUT2D eigenvalue weighted by molar-refractivity contribution is 7.80. The van der Waals surface area contributed by atoms with Crippen LogP contribution in [0.2, 0.25) is 0 Å². The topological polar surface area (TPSA) is 61.6 Å². The molecular formula is C19H22N4O2S. The molecule has 0 radical (unpaired) electrons. The van der Waals surface area contributed by atoms with Crippen molar-refractivity contribution in [2.75, 3.05) is 36.4 Å². The molecule has 7 heteroatoms. The Labute approximate surface area is 158 Å². The molecule has 2 aromatic rings. The molecule has 1 heterocycles. The molecule has 2 aromatic carbocycles. The van der Waals surface area contributed by atoms with E-state index in [1.807, 2.05) is 24.3 Å². The highest BCUT2D eigenvalue weighted by Gasteiger charge is 2.20. The molecule has 1 saturated heterocycles. The number of aryl methyl sites for hydroxylation is 1. The highest BCUT2D eigenvalue weighted by atomic mass is 32.1. The fraction of sp³-hybridized carbons (Fsp3) is 0.316. The van der Waals surface area contributed by atoms with E-state index in [-0.39, 0.29) is 10.6 Å². The maximum Gasteiger partial charge on any atom is 0.269 e. The second kappa shape index (κ2) is 8.14. The van der Waals surface area contributed by atoms with Gasteiger partial charge in [0.2, 0.25) is 0 Å². The van der Waals surface area contributed by atoms with E-state index >= 15 is 0 Å². The van der Waals surface area contributed by atoms with Gasteiger partial charge in [0.05, 0.1) is 4.92 Å². The number of non-ortho nitro benzene ring substituents is 1. The molecule has 0 spiro atoms. The summed E-state index contributed by atoms with van der Waals surface area (Å²) in [6.45, 7) is 5.42. The summed E-state index contributed by atoms with van der Waals surface area (Å²) < 4.78 is 0. The molecule has 0 amide bonds. The molecule has 1 fully saturated rings. The molecule has 0 unspecified atom stereocenters. The first kappa shape index (κ1) is 18.1. The van der Waals surface area contributed by atoms with Crippen LogP contribution < -0.4 is 10.2 Å². The SMILES string of the molecule is CCc1ccccc1NC(=S)N1CCN(c2ccc([N+](=O)[O-])cc2)CC1. The first-order chi connectivity index (χ1) is 12.6. The van der Waals surface area contributed by atoms with Crippen LogP contribution in [0.5, 0.6) is 0 Å². The van der Waals surface area contributed by atoms with Crippen LogP contribution in [0.25, 0.3) is 0 Å². The van der Waals surface area contributed by atoms with Gasteiger partial charge in [-0.15, -0.1) is 0 Å². The number of thiocarbonyl (C=S) groups is 1.